The molecular formula is C43H54N6O10. The van der Waals surface area contributed by atoms with E-state index in [1.165, 1.54) is 0 Å². The second kappa shape index (κ2) is 22.0. The molecule has 3 amide bonds. The van der Waals surface area contributed by atoms with Crippen LogP contribution in [0, 0.1) is 0 Å². The van der Waals surface area contributed by atoms with Gasteiger partial charge in [0.25, 0.3) is 11.8 Å². The molecule has 16 nitrogen and oxygen atoms in total. The van der Waals surface area contributed by atoms with E-state index in [0.717, 1.165) is 12.3 Å². The first kappa shape index (κ1) is 43.8. The fraction of sp³-hybridized carbons (Fsp3) is 0.419. The van der Waals surface area contributed by atoms with Crippen LogP contribution in [-0.4, -0.2) is 140 Å². The van der Waals surface area contributed by atoms with Crippen molar-refractivity contribution in [1.82, 2.24) is 30.0 Å². The lowest BCUT2D eigenvalue weighted by molar-refractivity contribution is -0.139. The largest absolute Gasteiger partial charge is 0.497 e. The van der Waals surface area contributed by atoms with Crippen LogP contribution < -0.4 is 33.7 Å². The van der Waals surface area contributed by atoms with E-state index in [4.69, 9.17) is 33.2 Å². The Balaban J connectivity index is 0.000000230. The smallest absolute Gasteiger partial charge is 0.410 e. The molecule has 2 aliphatic heterocycles. The molecular weight excluding hydrogens is 761 g/mol. The van der Waals surface area contributed by atoms with Crippen LogP contribution in [0.3, 0.4) is 0 Å². The molecule has 2 aromatic carbocycles. The maximum atomic E-state index is 13.0. The monoisotopic (exact) mass is 814 g/mol. The third-order valence-electron chi connectivity index (χ3n) is 9.12. The molecule has 6 rings (SSSR count). The summed E-state index contributed by atoms with van der Waals surface area (Å²) in [6.07, 6.45) is 6.21. The van der Waals surface area contributed by atoms with Crippen LogP contribution in [0.2, 0.25) is 0 Å². The van der Waals surface area contributed by atoms with Gasteiger partial charge in [0.05, 0.1) is 38.7 Å². The first-order valence-corrected chi connectivity index (χ1v) is 19.4. The fourth-order valence-corrected chi connectivity index (χ4v) is 6.11. The number of nitrogens with one attached hydrogen (secondary N) is 1. The van der Waals surface area contributed by atoms with Crippen molar-refractivity contribution in [3.05, 3.63) is 97.6 Å². The van der Waals surface area contributed by atoms with Crippen molar-refractivity contribution in [2.75, 3.05) is 79.9 Å². The van der Waals surface area contributed by atoms with Crippen LogP contribution in [0.4, 0.5) is 4.79 Å². The van der Waals surface area contributed by atoms with Gasteiger partial charge in [0.2, 0.25) is 0 Å². The Morgan fingerprint density at radius 3 is 1.61 bits per heavy atom. The van der Waals surface area contributed by atoms with Crippen molar-refractivity contribution >= 4 is 17.9 Å². The van der Waals surface area contributed by atoms with Gasteiger partial charge in [-0.25, -0.2) is 4.79 Å². The van der Waals surface area contributed by atoms with E-state index >= 15 is 0 Å². The maximum Gasteiger partial charge on any atom is 0.410 e. The van der Waals surface area contributed by atoms with Gasteiger partial charge in [-0.1, -0.05) is 0 Å². The summed E-state index contributed by atoms with van der Waals surface area (Å²) in [6, 6.07) is 21.0. The lowest BCUT2D eigenvalue weighted by Gasteiger charge is -2.41. The number of ether oxygens (including phenoxy) is 7. The normalized spacial score (nSPS) is 16.5. The van der Waals surface area contributed by atoms with Crippen LogP contribution in [0.1, 0.15) is 20.8 Å². The summed E-state index contributed by atoms with van der Waals surface area (Å²) in [5.74, 6) is 3.71. The lowest BCUT2D eigenvalue weighted by atomic mass is 10.1. The summed E-state index contributed by atoms with van der Waals surface area (Å²) in [4.78, 5) is 51.4. The van der Waals surface area contributed by atoms with E-state index < -0.39 is 11.7 Å². The molecule has 1 N–H and O–H groups in total. The predicted octanol–water partition coefficient (Wildman–Crippen LogP) is 4.34. The first-order chi connectivity index (χ1) is 28.5. The number of benzene rings is 2. The highest BCUT2D eigenvalue weighted by Gasteiger charge is 2.35. The molecule has 0 aliphatic carbocycles. The van der Waals surface area contributed by atoms with Gasteiger partial charge in [0, 0.05) is 51.7 Å². The van der Waals surface area contributed by atoms with Gasteiger partial charge in [-0.05, 0) is 93.6 Å². The van der Waals surface area contributed by atoms with Crippen molar-refractivity contribution < 1.29 is 47.5 Å². The Labute approximate surface area is 345 Å². The number of nitrogens with zero attached hydrogens (tertiary/aromatic N) is 5. The highest BCUT2D eigenvalue weighted by atomic mass is 16.6. The summed E-state index contributed by atoms with van der Waals surface area (Å²) >= 11 is 0. The van der Waals surface area contributed by atoms with Gasteiger partial charge < -0.3 is 53.2 Å². The van der Waals surface area contributed by atoms with Crippen LogP contribution in [0.5, 0.6) is 34.5 Å². The second-order valence-electron chi connectivity index (χ2n) is 14.5. The average molecular weight is 815 g/mol. The van der Waals surface area contributed by atoms with Gasteiger partial charge in [-0.2, -0.15) is 0 Å². The summed E-state index contributed by atoms with van der Waals surface area (Å²) in [6.45, 7) is 9.06. The molecule has 2 unspecified atom stereocenters. The number of amides is 3. The predicted molar refractivity (Wildman–Crippen MR) is 218 cm³/mol. The van der Waals surface area contributed by atoms with Crippen LogP contribution >= 0.6 is 0 Å². The number of carbonyl (C=O) groups is 3. The van der Waals surface area contributed by atoms with Gasteiger partial charge in [-0.15, -0.1) is 0 Å². The van der Waals surface area contributed by atoms with E-state index in [1.54, 1.807) is 109 Å². The third kappa shape index (κ3) is 14.2. The molecule has 4 aromatic rings. The Hall–Kier alpha value is -6.29. The van der Waals surface area contributed by atoms with Gasteiger partial charge in [-0.3, -0.25) is 19.6 Å². The molecule has 2 saturated heterocycles. The topological polar surface area (TPSA) is 163 Å². The molecule has 0 spiro atoms. The molecule has 316 valence electrons. The molecule has 4 heterocycles. The summed E-state index contributed by atoms with van der Waals surface area (Å²) in [7, 11) is 3.20. The van der Waals surface area contributed by atoms with Crippen molar-refractivity contribution in [3.63, 3.8) is 0 Å². The zero-order valence-corrected chi connectivity index (χ0v) is 34.3. The Bertz CT molecular complexity index is 1880. The minimum atomic E-state index is -0.599. The van der Waals surface area contributed by atoms with E-state index in [9.17, 15) is 14.4 Å². The molecule has 0 radical (unpaired) electrons. The number of aromatic nitrogens is 2. The highest BCUT2D eigenvalue weighted by molar-refractivity contribution is 5.79. The van der Waals surface area contributed by atoms with E-state index in [1.807, 2.05) is 37.8 Å². The zero-order chi connectivity index (χ0) is 42.0. The molecule has 0 saturated carbocycles. The number of carbonyl (C=O) groups excluding carboxylic acids is 3. The first-order valence-electron chi connectivity index (χ1n) is 19.4. The molecule has 59 heavy (non-hydrogen) atoms. The number of hydrogen-bond acceptors (Lipinski definition) is 13. The summed E-state index contributed by atoms with van der Waals surface area (Å²) < 4.78 is 38.7. The molecule has 0 bridgehead atoms. The Morgan fingerprint density at radius 1 is 0.644 bits per heavy atom. The standard InChI is InChI=1S/C24H31N3O6.C19H23N3O4/c1-24(2,3)33-23(29)26-12-13-27(18(15-26)16-31-21-6-5-11-25-14-21)22(28)17-32-20-9-7-19(30-4)8-10-20;1-24-16-4-6-17(7-5-16)26-14-19(23)22-10-9-21-11-15(22)13-25-18-3-2-8-20-12-18/h5-11,14,18H,12-13,15-17H2,1-4H3;2-8,12,15,21H,9-11,13-14H2,1H3. The van der Waals surface area contributed by atoms with E-state index in [2.05, 4.69) is 15.3 Å². The minimum Gasteiger partial charge on any atom is -0.497 e. The fourth-order valence-electron chi connectivity index (χ4n) is 6.11. The number of methoxy groups -OCH3 is 2. The number of hydrogen-bond donors (Lipinski definition) is 1. The lowest BCUT2D eigenvalue weighted by Crippen LogP contribution is -2.59. The number of rotatable bonds is 14. The van der Waals surface area contributed by atoms with Crippen LogP contribution in [-0.2, 0) is 14.3 Å². The second-order valence-corrected chi connectivity index (χ2v) is 14.5. The van der Waals surface area contributed by atoms with Crippen LogP contribution in [0.15, 0.2) is 97.6 Å². The van der Waals surface area contributed by atoms with Crippen molar-refractivity contribution in [2.24, 2.45) is 0 Å². The average Bonchev–Trinajstić information content (AvgIpc) is 3.26. The summed E-state index contributed by atoms with van der Waals surface area (Å²) in [5, 5.41) is 3.30. The minimum absolute atomic E-state index is 0.00424. The Kier molecular flexibility index (Phi) is 16.4. The number of piperazine rings is 2. The van der Waals surface area contributed by atoms with Gasteiger partial charge in [0.15, 0.2) is 13.2 Å². The van der Waals surface area contributed by atoms with Gasteiger partial charge in [0.1, 0.15) is 53.3 Å². The van der Waals surface area contributed by atoms with E-state index in [0.29, 0.717) is 68.1 Å². The SMILES string of the molecule is COc1ccc(OCC(=O)N2CCN(C(=O)OC(C)(C)C)CC2COc2cccnc2)cc1.COc1ccc(OCC(=O)N2CCNCC2COc2cccnc2)cc1. The number of pyridine rings is 2. The molecule has 16 heteroatoms. The van der Waals surface area contributed by atoms with E-state index in [-0.39, 0.29) is 43.7 Å². The molecule has 2 fully saturated rings. The van der Waals surface area contributed by atoms with Crippen molar-refractivity contribution in [2.45, 2.75) is 38.5 Å². The molecule has 2 atom stereocenters. The summed E-state index contributed by atoms with van der Waals surface area (Å²) in [5.41, 5.74) is -0.599. The van der Waals surface area contributed by atoms with Crippen molar-refractivity contribution in [3.8, 4) is 34.5 Å². The highest BCUT2D eigenvalue weighted by Crippen LogP contribution is 2.21. The van der Waals surface area contributed by atoms with Gasteiger partial charge >= 0.3 is 6.09 Å². The maximum absolute atomic E-state index is 13.0. The van der Waals surface area contributed by atoms with Crippen LogP contribution in [0.25, 0.3) is 0 Å². The Morgan fingerprint density at radius 2 is 1.14 bits per heavy atom. The quantitative estimate of drug-likeness (QED) is 0.192. The third-order valence-corrected chi connectivity index (χ3v) is 9.12. The van der Waals surface area contributed by atoms with Crippen molar-refractivity contribution in [1.29, 1.82) is 0 Å². The molecule has 2 aromatic heterocycles. The molecule has 2 aliphatic rings. The zero-order valence-electron chi connectivity index (χ0n) is 34.3.